The Labute approximate surface area is 83.2 Å². The lowest BCUT2D eigenvalue weighted by Gasteiger charge is -2.00. The third kappa shape index (κ3) is 0.954. The summed E-state index contributed by atoms with van der Waals surface area (Å²) in [5, 5.41) is 0.465. The minimum atomic E-state index is -0.205. The predicted octanol–water partition coefficient (Wildman–Crippen LogP) is 0.382. The molecule has 0 unspecified atom stereocenters. The standard InChI is InChI=1S/C9H7N5O/c10-6-7-4(9(15)14-3-12-7)1-5-8(6)13-2-11-5/h1-3H,10H2,(H,11,13)(H,12,14,15). The van der Waals surface area contributed by atoms with E-state index in [-0.39, 0.29) is 5.56 Å². The number of aromatic amines is 2. The van der Waals surface area contributed by atoms with Gasteiger partial charge in [-0.1, -0.05) is 0 Å². The first kappa shape index (κ1) is 7.98. The lowest BCUT2D eigenvalue weighted by Crippen LogP contribution is -2.07. The molecule has 0 fully saturated rings. The molecule has 0 bridgehead atoms. The average molecular weight is 201 g/mol. The van der Waals surface area contributed by atoms with Gasteiger partial charge in [0.2, 0.25) is 0 Å². The monoisotopic (exact) mass is 201 g/mol. The van der Waals surface area contributed by atoms with E-state index < -0.39 is 0 Å². The summed E-state index contributed by atoms with van der Waals surface area (Å²) < 4.78 is 0. The Morgan fingerprint density at radius 1 is 1.13 bits per heavy atom. The molecule has 74 valence electrons. The fourth-order valence-corrected chi connectivity index (χ4v) is 1.64. The van der Waals surface area contributed by atoms with Crippen LogP contribution in [-0.4, -0.2) is 19.9 Å². The van der Waals surface area contributed by atoms with Gasteiger partial charge in [0.25, 0.3) is 5.56 Å². The number of nitrogens with one attached hydrogen (secondary N) is 2. The van der Waals surface area contributed by atoms with Crippen molar-refractivity contribution in [3.63, 3.8) is 0 Å². The number of aromatic nitrogens is 4. The van der Waals surface area contributed by atoms with Crippen LogP contribution in [0.15, 0.2) is 23.5 Å². The van der Waals surface area contributed by atoms with Gasteiger partial charge in [0, 0.05) is 0 Å². The van der Waals surface area contributed by atoms with E-state index in [0.29, 0.717) is 22.1 Å². The zero-order chi connectivity index (χ0) is 10.4. The molecule has 4 N–H and O–H groups in total. The highest BCUT2D eigenvalue weighted by molar-refractivity contribution is 6.04. The Morgan fingerprint density at radius 3 is 2.73 bits per heavy atom. The molecule has 0 saturated carbocycles. The molecule has 0 atom stereocenters. The van der Waals surface area contributed by atoms with Crippen molar-refractivity contribution in [2.75, 3.05) is 5.73 Å². The number of nitrogens with zero attached hydrogens (tertiary/aromatic N) is 2. The van der Waals surface area contributed by atoms with Gasteiger partial charge in [-0.3, -0.25) is 4.79 Å². The molecule has 1 aromatic carbocycles. The fraction of sp³-hybridized carbons (Fsp3) is 0. The van der Waals surface area contributed by atoms with Gasteiger partial charge in [0.1, 0.15) is 11.0 Å². The third-order valence-corrected chi connectivity index (χ3v) is 2.36. The number of fused-ring (bicyclic) bond motifs is 2. The third-order valence-electron chi connectivity index (χ3n) is 2.36. The van der Waals surface area contributed by atoms with Crippen molar-refractivity contribution in [1.82, 2.24) is 19.9 Å². The highest BCUT2D eigenvalue weighted by Crippen LogP contribution is 2.24. The summed E-state index contributed by atoms with van der Waals surface area (Å²) in [6, 6.07) is 1.69. The van der Waals surface area contributed by atoms with Crippen LogP contribution >= 0.6 is 0 Å². The van der Waals surface area contributed by atoms with Crippen LogP contribution in [0.5, 0.6) is 0 Å². The highest BCUT2D eigenvalue weighted by atomic mass is 16.1. The predicted molar refractivity (Wildman–Crippen MR) is 56.4 cm³/mol. The molecule has 0 aliphatic rings. The molecule has 0 saturated heterocycles. The minimum Gasteiger partial charge on any atom is -0.395 e. The molecular weight excluding hydrogens is 194 g/mol. The van der Waals surface area contributed by atoms with E-state index in [0.717, 1.165) is 5.52 Å². The van der Waals surface area contributed by atoms with Crippen LogP contribution in [0.3, 0.4) is 0 Å². The van der Waals surface area contributed by atoms with Crippen LogP contribution in [0.25, 0.3) is 21.9 Å². The molecule has 0 spiro atoms. The lowest BCUT2D eigenvalue weighted by atomic mass is 10.2. The Bertz CT molecular complexity index is 711. The molecule has 0 aliphatic heterocycles. The van der Waals surface area contributed by atoms with E-state index in [9.17, 15) is 4.79 Å². The number of rotatable bonds is 0. The highest BCUT2D eigenvalue weighted by Gasteiger charge is 2.09. The van der Waals surface area contributed by atoms with Gasteiger partial charge in [0.05, 0.1) is 29.2 Å². The molecule has 15 heavy (non-hydrogen) atoms. The first-order valence-electron chi connectivity index (χ1n) is 4.36. The SMILES string of the molecule is Nc1c2nc[nH]c2cc2c(=O)[nH]cnc12. The smallest absolute Gasteiger partial charge is 0.258 e. The molecule has 0 radical (unpaired) electrons. The van der Waals surface area contributed by atoms with Gasteiger partial charge in [-0.2, -0.15) is 0 Å². The molecule has 3 aromatic rings. The average Bonchev–Trinajstić information content (AvgIpc) is 2.68. The molecule has 0 aliphatic carbocycles. The zero-order valence-electron chi connectivity index (χ0n) is 7.61. The van der Waals surface area contributed by atoms with Crippen molar-refractivity contribution in [2.24, 2.45) is 0 Å². The second kappa shape index (κ2) is 2.57. The number of hydrogen-bond donors (Lipinski definition) is 3. The van der Waals surface area contributed by atoms with E-state index in [2.05, 4.69) is 19.9 Å². The zero-order valence-corrected chi connectivity index (χ0v) is 7.61. The number of nitrogen functional groups attached to an aromatic ring is 1. The van der Waals surface area contributed by atoms with E-state index in [1.54, 1.807) is 6.07 Å². The van der Waals surface area contributed by atoms with E-state index in [1.165, 1.54) is 12.7 Å². The first-order valence-corrected chi connectivity index (χ1v) is 4.36. The van der Waals surface area contributed by atoms with Crippen molar-refractivity contribution in [1.29, 1.82) is 0 Å². The van der Waals surface area contributed by atoms with Crippen LogP contribution in [0.2, 0.25) is 0 Å². The summed E-state index contributed by atoms with van der Waals surface area (Å²) in [7, 11) is 0. The lowest BCUT2D eigenvalue weighted by molar-refractivity contribution is 1.17. The minimum absolute atomic E-state index is 0.205. The summed E-state index contributed by atoms with van der Waals surface area (Å²) in [6.07, 6.45) is 2.87. The van der Waals surface area contributed by atoms with Crippen molar-refractivity contribution < 1.29 is 0 Å². The maximum Gasteiger partial charge on any atom is 0.258 e. The van der Waals surface area contributed by atoms with Gasteiger partial charge in [-0.15, -0.1) is 0 Å². The number of nitrogens with two attached hydrogens (primary N) is 1. The second-order valence-electron chi connectivity index (χ2n) is 3.22. The van der Waals surface area contributed by atoms with Crippen molar-refractivity contribution in [3.05, 3.63) is 29.1 Å². The summed E-state index contributed by atoms with van der Waals surface area (Å²) in [5.41, 5.74) is 7.95. The molecule has 6 nitrogen and oxygen atoms in total. The Hall–Kier alpha value is -2.37. The van der Waals surface area contributed by atoms with Gasteiger partial charge in [-0.25, -0.2) is 9.97 Å². The summed E-state index contributed by atoms with van der Waals surface area (Å²) >= 11 is 0. The van der Waals surface area contributed by atoms with E-state index in [4.69, 9.17) is 5.73 Å². The number of H-pyrrole nitrogens is 2. The maximum atomic E-state index is 11.5. The van der Waals surface area contributed by atoms with Crippen LogP contribution in [-0.2, 0) is 0 Å². The molecular formula is C9H7N5O. The summed E-state index contributed by atoms with van der Waals surface area (Å²) in [5.74, 6) is 0. The van der Waals surface area contributed by atoms with E-state index >= 15 is 0 Å². The molecule has 3 rings (SSSR count). The molecule has 6 heteroatoms. The van der Waals surface area contributed by atoms with Gasteiger partial charge < -0.3 is 15.7 Å². The number of imidazole rings is 1. The Morgan fingerprint density at radius 2 is 1.87 bits per heavy atom. The maximum absolute atomic E-state index is 11.5. The Kier molecular flexibility index (Phi) is 1.37. The Balaban J connectivity index is 2.70. The van der Waals surface area contributed by atoms with Crippen molar-refractivity contribution in [2.45, 2.75) is 0 Å². The van der Waals surface area contributed by atoms with Crippen molar-refractivity contribution in [3.8, 4) is 0 Å². The van der Waals surface area contributed by atoms with Gasteiger partial charge >= 0.3 is 0 Å². The normalized spacial score (nSPS) is 11.2. The number of benzene rings is 1. The molecule has 0 amide bonds. The van der Waals surface area contributed by atoms with Crippen LogP contribution in [0.1, 0.15) is 0 Å². The largest absolute Gasteiger partial charge is 0.395 e. The molecule has 2 heterocycles. The quantitative estimate of drug-likeness (QED) is 0.458. The fourth-order valence-electron chi connectivity index (χ4n) is 1.64. The van der Waals surface area contributed by atoms with Gasteiger partial charge in [-0.05, 0) is 6.07 Å². The van der Waals surface area contributed by atoms with Crippen molar-refractivity contribution >= 4 is 27.6 Å². The van der Waals surface area contributed by atoms with Crippen LogP contribution in [0, 0.1) is 0 Å². The number of hydrogen-bond acceptors (Lipinski definition) is 4. The first-order chi connectivity index (χ1) is 7.27. The van der Waals surface area contributed by atoms with Crippen LogP contribution in [0.4, 0.5) is 5.69 Å². The van der Waals surface area contributed by atoms with Crippen LogP contribution < -0.4 is 11.3 Å². The number of anilines is 1. The molecule has 2 aromatic heterocycles. The van der Waals surface area contributed by atoms with E-state index in [1.807, 2.05) is 0 Å². The second-order valence-corrected chi connectivity index (χ2v) is 3.22. The summed E-state index contributed by atoms with van der Waals surface area (Å²) in [4.78, 5) is 25.0. The topological polar surface area (TPSA) is 100 Å². The van der Waals surface area contributed by atoms with Gasteiger partial charge in [0.15, 0.2) is 0 Å². The summed E-state index contributed by atoms with van der Waals surface area (Å²) in [6.45, 7) is 0.